The zero-order chi connectivity index (χ0) is 4.99. The second kappa shape index (κ2) is 3.53. The van der Waals surface area contributed by atoms with E-state index in [0.29, 0.717) is 12.0 Å². The molecule has 3 heteroatoms. The Kier molecular flexibility index (Phi) is 3.74. The number of halogens is 1. The van der Waals surface area contributed by atoms with E-state index in [1.807, 2.05) is 13.7 Å². The third-order valence-electron chi connectivity index (χ3n) is 0.727. The lowest BCUT2D eigenvalue weighted by molar-refractivity contribution is 0.950. The molecule has 0 saturated carbocycles. The molecule has 0 unspecified atom stereocenters. The molecule has 0 heterocycles. The highest BCUT2D eigenvalue weighted by molar-refractivity contribution is 8.21. The molecule has 0 saturated heterocycles. The molecular formula is C3H8BFS. The van der Waals surface area contributed by atoms with Crippen molar-refractivity contribution < 1.29 is 3.89 Å². The molecule has 0 fully saturated rings. The van der Waals surface area contributed by atoms with Crippen LogP contribution in [0.2, 0.25) is 13.1 Å². The summed E-state index contributed by atoms with van der Waals surface area (Å²) in [5.74, 6) is 0.185. The maximum Gasteiger partial charge on any atom is 0.250 e. The molecule has 0 spiro atoms. The van der Waals surface area contributed by atoms with E-state index in [-0.39, 0.29) is 5.99 Å². The molecule has 0 aromatic rings. The van der Waals surface area contributed by atoms with Crippen molar-refractivity contribution in [2.75, 3.05) is 0 Å². The fourth-order valence-corrected chi connectivity index (χ4v) is 0.189. The summed E-state index contributed by atoms with van der Waals surface area (Å²) in [4.78, 5) is 0. The maximum atomic E-state index is 11.3. The minimum absolute atomic E-state index is 0.185. The van der Waals surface area contributed by atoms with Crippen LogP contribution >= 0.6 is 12.0 Å². The molecule has 0 N–H and O–H groups in total. The van der Waals surface area contributed by atoms with Gasteiger partial charge in [-0.1, -0.05) is 20.1 Å². The number of rotatable bonds is 2. The van der Waals surface area contributed by atoms with Crippen molar-refractivity contribution >= 4 is 18.0 Å². The Balaban J connectivity index is 2.75. The van der Waals surface area contributed by atoms with E-state index in [1.54, 1.807) is 0 Å². The number of hydrogen-bond acceptors (Lipinski definition) is 1. The topological polar surface area (TPSA) is 0 Å². The lowest BCUT2D eigenvalue weighted by Crippen LogP contribution is -1.92. The zero-order valence-corrected chi connectivity index (χ0v) is 4.89. The highest BCUT2D eigenvalue weighted by Gasteiger charge is 2.01. The first-order chi connectivity index (χ1) is 2.81. The lowest BCUT2D eigenvalue weighted by Gasteiger charge is -1.88. The lowest BCUT2D eigenvalue weighted by atomic mass is 9.77. The Labute approximate surface area is 42.8 Å². The van der Waals surface area contributed by atoms with Crippen LogP contribution in [0.3, 0.4) is 0 Å². The minimum Gasteiger partial charge on any atom is -0.178 e. The van der Waals surface area contributed by atoms with Crippen LogP contribution in [0.25, 0.3) is 0 Å². The highest BCUT2D eigenvalue weighted by atomic mass is 32.2. The van der Waals surface area contributed by atoms with Gasteiger partial charge in [-0.3, -0.25) is 0 Å². The van der Waals surface area contributed by atoms with E-state index in [0.717, 1.165) is 6.32 Å². The van der Waals surface area contributed by atoms with Gasteiger partial charge in [-0.25, -0.2) is 0 Å². The molecule has 0 aliphatic heterocycles. The summed E-state index contributed by atoms with van der Waals surface area (Å²) in [5, 5.41) is 0. The van der Waals surface area contributed by atoms with Crippen LogP contribution in [-0.2, 0) is 0 Å². The summed E-state index contributed by atoms with van der Waals surface area (Å²) >= 11 is 0.425. The summed E-state index contributed by atoms with van der Waals surface area (Å²) in [6.07, 6.45) is 0.918. The molecule has 0 amide bonds. The van der Waals surface area contributed by atoms with E-state index < -0.39 is 0 Å². The molecule has 0 aliphatic carbocycles. The molecule has 0 atom stereocenters. The standard InChI is InChI=1S/C3H8BFS/c1-3-4(2)6-5/h3H2,1-2H3. The Morgan fingerprint density at radius 3 is 2.33 bits per heavy atom. The summed E-state index contributed by atoms with van der Waals surface area (Å²) in [6.45, 7) is 3.84. The first kappa shape index (κ1) is 6.34. The Morgan fingerprint density at radius 1 is 1.83 bits per heavy atom. The van der Waals surface area contributed by atoms with Crippen LogP contribution in [-0.4, -0.2) is 5.99 Å². The van der Waals surface area contributed by atoms with Gasteiger partial charge >= 0.3 is 0 Å². The zero-order valence-electron chi connectivity index (χ0n) is 4.07. The molecule has 6 heavy (non-hydrogen) atoms. The SMILES string of the molecule is CCB(C)SF. The Bertz CT molecular complexity index is 30.0. The molecule has 0 radical (unpaired) electrons. The Morgan fingerprint density at radius 2 is 2.33 bits per heavy atom. The first-order valence-electron chi connectivity index (χ1n) is 2.08. The molecule has 36 valence electrons. The third-order valence-corrected chi connectivity index (χ3v) is 1.36. The van der Waals surface area contributed by atoms with Gasteiger partial charge in [0.05, 0.1) is 0 Å². The van der Waals surface area contributed by atoms with E-state index in [2.05, 4.69) is 0 Å². The largest absolute Gasteiger partial charge is 0.250 e. The van der Waals surface area contributed by atoms with Gasteiger partial charge < -0.3 is 0 Å². The predicted molar refractivity (Wildman–Crippen MR) is 30.8 cm³/mol. The minimum atomic E-state index is 0.185. The molecule has 0 aromatic heterocycles. The Hall–Kier alpha value is 0.345. The van der Waals surface area contributed by atoms with Crippen LogP contribution in [0.1, 0.15) is 6.92 Å². The highest BCUT2D eigenvalue weighted by Crippen LogP contribution is 2.09. The van der Waals surface area contributed by atoms with E-state index in [1.165, 1.54) is 0 Å². The van der Waals surface area contributed by atoms with Crippen molar-refractivity contribution in [2.24, 2.45) is 0 Å². The second-order valence-electron chi connectivity index (χ2n) is 1.31. The normalized spacial score (nSPS) is 8.50. The van der Waals surface area contributed by atoms with Crippen molar-refractivity contribution in [1.82, 2.24) is 0 Å². The maximum absolute atomic E-state index is 11.3. The molecule has 0 aromatic carbocycles. The van der Waals surface area contributed by atoms with Gasteiger partial charge in [-0.15, -0.1) is 0 Å². The summed E-state index contributed by atoms with van der Waals surface area (Å²) < 4.78 is 11.3. The quantitative estimate of drug-likeness (QED) is 0.486. The van der Waals surface area contributed by atoms with Crippen LogP contribution in [0.5, 0.6) is 0 Å². The van der Waals surface area contributed by atoms with Crippen molar-refractivity contribution in [3.05, 3.63) is 0 Å². The van der Waals surface area contributed by atoms with E-state index >= 15 is 0 Å². The van der Waals surface area contributed by atoms with Crippen molar-refractivity contribution in [1.29, 1.82) is 0 Å². The monoisotopic (exact) mass is 106 g/mol. The number of hydrogen-bond donors (Lipinski definition) is 0. The second-order valence-corrected chi connectivity index (χ2v) is 2.29. The summed E-state index contributed by atoms with van der Waals surface area (Å²) in [7, 11) is 0. The molecule has 0 nitrogen and oxygen atoms in total. The smallest absolute Gasteiger partial charge is 0.178 e. The van der Waals surface area contributed by atoms with Crippen molar-refractivity contribution in [2.45, 2.75) is 20.1 Å². The first-order valence-corrected chi connectivity index (χ1v) is 2.86. The fraction of sp³-hybridized carbons (Fsp3) is 1.00. The van der Waals surface area contributed by atoms with Gasteiger partial charge in [0.1, 0.15) is 0 Å². The molecular weight excluding hydrogens is 97.9 g/mol. The average Bonchev–Trinajstić information content (AvgIpc) is 1.65. The van der Waals surface area contributed by atoms with Crippen LogP contribution in [0.4, 0.5) is 3.89 Å². The predicted octanol–water partition coefficient (Wildman–Crippen LogP) is 2.25. The van der Waals surface area contributed by atoms with Crippen LogP contribution in [0, 0.1) is 0 Å². The van der Waals surface area contributed by atoms with Gasteiger partial charge in [0.25, 0.3) is 0 Å². The van der Waals surface area contributed by atoms with Crippen molar-refractivity contribution in [3.8, 4) is 0 Å². The van der Waals surface area contributed by atoms with Gasteiger partial charge in [0, 0.05) is 0 Å². The fourth-order valence-electron chi connectivity index (χ4n) is 0.0630. The van der Waals surface area contributed by atoms with Crippen molar-refractivity contribution in [3.63, 3.8) is 0 Å². The third kappa shape index (κ3) is 2.58. The van der Waals surface area contributed by atoms with E-state index in [4.69, 9.17) is 0 Å². The molecule has 0 rings (SSSR count). The average molecular weight is 106 g/mol. The van der Waals surface area contributed by atoms with Gasteiger partial charge in [-0.2, -0.15) is 3.89 Å². The summed E-state index contributed by atoms with van der Waals surface area (Å²) in [6, 6.07) is 0. The van der Waals surface area contributed by atoms with Gasteiger partial charge in [0.2, 0.25) is 5.99 Å². The molecule has 0 aliphatic rings. The summed E-state index contributed by atoms with van der Waals surface area (Å²) in [5.41, 5.74) is 0. The van der Waals surface area contributed by atoms with E-state index in [9.17, 15) is 3.89 Å². The van der Waals surface area contributed by atoms with Crippen LogP contribution in [0.15, 0.2) is 0 Å². The van der Waals surface area contributed by atoms with Gasteiger partial charge in [0.15, 0.2) is 0 Å². The molecule has 0 bridgehead atoms. The van der Waals surface area contributed by atoms with Crippen LogP contribution < -0.4 is 0 Å². The van der Waals surface area contributed by atoms with Gasteiger partial charge in [-0.05, 0) is 12.0 Å².